The molecule has 4 aliphatic rings. The van der Waals surface area contributed by atoms with E-state index in [0.717, 1.165) is 141 Å². The van der Waals surface area contributed by atoms with Crippen LogP contribution in [0.2, 0.25) is 24.2 Å². The number of carbonyl (C=O) groups is 3. The van der Waals surface area contributed by atoms with Crippen LogP contribution in [0.5, 0.6) is 46.0 Å². The monoisotopic (exact) mass is 2000 g/mol. The van der Waals surface area contributed by atoms with Crippen molar-refractivity contribution in [3.05, 3.63) is 382 Å². The quantitative estimate of drug-likeness (QED) is 0.0197. The lowest BCUT2D eigenvalue weighted by Crippen LogP contribution is -2.49. The van der Waals surface area contributed by atoms with Crippen LogP contribution in [0.3, 0.4) is 0 Å². The molecule has 0 saturated carbocycles. The minimum atomic E-state index is -3.90. The number of benzene rings is 12. The molecule has 0 unspecified atom stereocenters. The summed E-state index contributed by atoms with van der Waals surface area (Å²) in [4.78, 5) is 34.8. The molecule has 138 heavy (non-hydrogen) atoms. The van der Waals surface area contributed by atoms with Gasteiger partial charge < -0.3 is 96.7 Å². The Labute approximate surface area is 825 Å². The predicted octanol–water partition coefficient (Wildman–Crippen LogP) is 23.3. The van der Waals surface area contributed by atoms with Gasteiger partial charge in [0.15, 0.2) is 0 Å². The molecule has 4 heterocycles. The molecule has 726 valence electrons. The molecule has 0 aliphatic carbocycles. The zero-order chi connectivity index (χ0) is 97.3. The van der Waals surface area contributed by atoms with Crippen LogP contribution >= 0.6 is 33.2 Å². The molecule has 12 aromatic rings. The second-order valence-electron chi connectivity index (χ2n) is 32.2. The van der Waals surface area contributed by atoms with Gasteiger partial charge in [-0.2, -0.15) is 0 Å². The van der Waals surface area contributed by atoms with Crippen molar-refractivity contribution in [2.45, 2.75) is 141 Å². The summed E-state index contributed by atoms with van der Waals surface area (Å²) in [6, 6.07) is 102. The molecule has 0 radical (unpaired) electrons. The second kappa shape index (κ2) is 50.1. The van der Waals surface area contributed by atoms with Crippen molar-refractivity contribution < 1.29 is 111 Å². The summed E-state index contributed by atoms with van der Waals surface area (Å²) in [5, 5.41) is 0. The molecular weight excluding hydrogens is 1890 g/mol. The molecule has 0 saturated heterocycles. The number of hydrogen-bond donors (Lipinski definition) is 0. The van der Waals surface area contributed by atoms with Gasteiger partial charge in [0, 0.05) is 141 Å². The number of ether oxygens (including phenoxy) is 12. The van der Waals surface area contributed by atoms with Crippen molar-refractivity contribution in [2.24, 2.45) is 0 Å². The van der Waals surface area contributed by atoms with Crippen LogP contribution in [0, 0.1) is 0 Å². The Morgan fingerprint density at radius 1 is 0.283 bits per heavy atom. The zero-order valence-corrected chi connectivity index (χ0v) is 85.2. The highest BCUT2D eigenvalue weighted by molar-refractivity contribution is 7.64. The van der Waals surface area contributed by atoms with Crippen LogP contribution in [-0.4, -0.2) is 118 Å². The Morgan fingerprint density at radius 2 is 0.486 bits per heavy atom. The first kappa shape index (κ1) is 104. The van der Waals surface area contributed by atoms with Gasteiger partial charge in [-0.3, -0.25) is 14.4 Å². The Bertz CT molecular complexity index is 5590. The number of halogens is 3. The van der Waals surface area contributed by atoms with E-state index in [-0.39, 0.29) is 19.3 Å². The highest BCUT2D eigenvalue weighted by Crippen LogP contribution is 2.49. The van der Waals surface area contributed by atoms with Crippen LogP contribution in [0.1, 0.15) is 134 Å². The van der Waals surface area contributed by atoms with Gasteiger partial charge in [0.25, 0.3) is 41.1 Å². The number of hydrogen-bond acceptors (Lipinski definition) is 24. The lowest BCUT2D eigenvalue weighted by Gasteiger charge is -2.39. The van der Waals surface area contributed by atoms with Gasteiger partial charge in [0.05, 0.1) is 58.9 Å². The number of fused-ring (bicyclic) bond motifs is 4. The van der Waals surface area contributed by atoms with Crippen LogP contribution < -0.4 is 37.9 Å². The van der Waals surface area contributed by atoms with E-state index in [1.807, 2.05) is 330 Å². The van der Waals surface area contributed by atoms with Crippen molar-refractivity contribution in [3.63, 3.8) is 0 Å². The van der Waals surface area contributed by atoms with Gasteiger partial charge in [0.2, 0.25) is 0 Å². The molecule has 0 amide bonds. The largest absolute Gasteiger partial charge is 0.705 e. The fraction of sp³-hybridized carbons (Fsp3) is 0.299. The summed E-state index contributed by atoms with van der Waals surface area (Å²) in [6.45, 7) is 14.4. The number of rotatable bonds is 40. The first-order valence-corrected chi connectivity index (χ1v) is 57.0. The van der Waals surface area contributed by atoms with Gasteiger partial charge in [-0.1, -0.05) is 243 Å². The van der Waals surface area contributed by atoms with E-state index in [2.05, 4.69) is 0 Å². The summed E-state index contributed by atoms with van der Waals surface area (Å²) in [6.07, 6.45) is 2.55. The summed E-state index contributed by atoms with van der Waals surface area (Å²) in [5.74, 6) is -0.294. The summed E-state index contributed by atoms with van der Waals surface area (Å²) < 4.78 is 125. The average Bonchev–Trinajstić information content (AvgIpc) is 0.765. The number of carbonyl (C=O) groups excluding carboxylic acids is 3. The molecule has 12 aromatic carbocycles. The normalized spacial score (nSPS) is 14.6. The van der Waals surface area contributed by atoms with Crippen molar-refractivity contribution in [1.82, 2.24) is 0 Å². The van der Waals surface area contributed by atoms with Crippen molar-refractivity contribution in [1.29, 1.82) is 0 Å². The fourth-order valence-electron chi connectivity index (χ4n) is 16.3. The van der Waals surface area contributed by atoms with E-state index in [0.29, 0.717) is 95.9 Å². The Morgan fingerprint density at radius 3 is 0.681 bits per heavy atom. The maximum Gasteiger partial charge on any atom is 0.705 e. The smallest absolute Gasteiger partial charge is 0.494 e. The lowest BCUT2D eigenvalue weighted by atomic mass is 9.95. The van der Waals surface area contributed by atoms with Gasteiger partial charge in [0.1, 0.15) is 46.0 Å². The molecule has 0 N–H and O–H groups in total. The summed E-state index contributed by atoms with van der Waals surface area (Å²) in [7, 11) is -4.27. The Hall–Kier alpha value is -11.2. The highest BCUT2D eigenvalue weighted by Gasteiger charge is 2.52. The van der Waals surface area contributed by atoms with Crippen molar-refractivity contribution in [2.75, 3.05) is 67.6 Å². The van der Waals surface area contributed by atoms with Crippen LogP contribution in [-0.2, 0) is 123 Å². The van der Waals surface area contributed by atoms with Crippen molar-refractivity contribution in [3.8, 4) is 46.0 Å². The highest BCUT2D eigenvalue weighted by atomic mass is 35.8. The standard InChI is InChI=1S/C29H30O9Si.C29H36O6Si.C26H30O6Si.C23H21Cl3O3Si/c1-21(30)36-39(37-22(2)31,38-23(3)32)18-10-17-33-27-15-16-28-24(19-27)20-34-29(35-28,25-11-6-4-7-12-25)26-13-8-5-9-14-26;1-4-32-36(33-5-2,34-6-3)21-13-20-30-27-18-19-28-24(22-27)23-31-29(35-28,25-14-9-7-10-15-25)26-16-11-8-12-17-26;1-27-33(28-2,29-3)18-10-17-30-24-15-16-25-21(19-24)20-31-26(32-25,22-11-6-4-7-12-22)23-13-8-5-9-14-23;24-30(25,26)15-7-14-27-21-12-13-22-18(16-21)17-28-23(29-22,19-8-3-1-4-9-19)20-10-5-2-6-11-20/h4-9,11-16,19H,10,17-18,20H2,1-3H3;7-12,14-19,22H,4-6,13,20-21,23H2,1-3H3;4-9,11-16,19H,10,17-18,20H2,1-3H3;1-6,8-13,16H,7,14-15,17H2. The van der Waals surface area contributed by atoms with Gasteiger partial charge in [-0.15, -0.1) is 33.2 Å². The van der Waals surface area contributed by atoms with E-state index in [1.54, 1.807) is 27.4 Å². The van der Waals surface area contributed by atoms with E-state index in [9.17, 15) is 14.4 Å². The molecule has 0 bridgehead atoms. The van der Waals surface area contributed by atoms with Gasteiger partial charge in [-0.05, 0) is 125 Å². The van der Waals surface area contributed by atoms with Crippen molar-refractivity contribution >= 4 is 83.6 Å². The molecule has 0 fully saturated rings. The average molecular weight is 2010 g/mol. The lowest BCUT2D eigenvalue weighted by molar-refractivity contribution is -0.185. The van der Waals surface area contributed by atoms with E-state index < -0.39 is 73.5 Å². The molecule has 31 heteroatoms. The first-order valence-electron chi connectivity index (χ1n) is 46.0. The van der Waals surface area contributed by atoms with Crippen LogP contribution in [0.4, 0.5) is 0 Å². The molecule has 16 rings (SSSR count). The maximum absolute atomic E-state index is 11.6. The van der Waals surface area contributed by atoms with Gasteiger partial charge >= 0.3 is 32.4 Å². The second-order valence-corrected chi connectivity index (χ2v) is 49.8. The van der Waals surface area contributed by atoms with E-state index >= 15 is 0 Å². The Balaban J connectivity index is 0.000000156. The topological polar surface area (TPSA) is 245 Å². The third-order valence-corrected chi connectivity index (χ3v) is 33.9. The fourth-order valence-corrected chi connectivity index (χ4v) is 24.6. The third-order valence-electron chi connectivity index (χ3n) is 22.6. The van der Waals surface area contributed by atoms with E-state index in [4.69, 9.17) is 130 Å². The maximum atomic E-state index is 11.6. The molecule has 4 aliphatic heterocycles. The minimum Gasteiger partial charge on any atom is -0.494 e. The third kappa shape index (κ3) is 27.3. The Kier molecular flexibility index (Phi) is 37.8. The molecule has 0 spiro atoms. The predicted molar refractivity (Wildman–Crippen MR) is 534 cm³/mol. The van der Waals surface area contributed by atoms with Gasteiger partial charge in [-0.25, -0.2) is 0 Å². The minimum absolute atomic E-state index is 0.0274. The first-order chi connectivity index (χ1) is 67.0. The molecular formula is C107H117Cl3O24Si4. The van der Waals surface area contributed by atoms with Crippen LogP contribution in [0.15, 0.2) is 315 Å². The molecule has 24 nitrogen and oxygen atoms in total. The van der Waals surface area contributed by atoms with E-state index in [1.165, 1.54) is 0 Å². The SMILES string of the molecule is CC(=O)O[Si](CCCOc1ccc2c(c1)COC(c1ccccc1)(c1ccccc1)O2)(OC(C)=O)OC(C)=O.CCO[Si](CCCOc1ccc2c(c1)COC(c1ccccc1)(c1ccccc1)O2)(OCC)OCC.CO[Si](CCCOc1ccc2c(c1)COC(c1ccccc1)(c1ccccc1)O2)(OC)OC.Cl[Si](Cl)(Cl)CCCOc1ccc2c(c1)COC(c1ccccc1)(c1ccccc1)O2. The summed E-state index contributed by atoms with van der Waals surface area (Å²) >= 11 is 17.8. The molecule has 0 atom stereocenters. The zero-order valence-electron chi connectivity index (χ0n) is 78.9. The van der Waals surface area contributed by atoms with Crippen LogP contribution in [0.25, 0.3) is 0 Å². The summed E-state index contributed by atoms with van der Waals surface area (Å²) in [5.41, 5.74) is 11.1. The molecule has 0 aromatic heterocycles.